The lowest BCUT2D eigenvalue weighted by Gasteiger charge is -2.31. The van der Waals surface area contributed by atoms with E-state index < -0.39 is 10.0 Å². The first-order chi connectivity index (χ1) is 14.6. The number of hydrogen-bond donors (Lipinski definition) is 1. The first-order valence-electron chi connectivity index (χ1n) is 10.7. The molecule has 1 aliphatic rings. The van der Waals surface area contributed by atoms with Gasteiger partial charge in [-0.2, -0.15) is 0 Å². The maximum atomic E-state index is 12.8. The monoisotopic (exact) mass is 462 g/mol. The normalized spacial score (nSPS) is 16.8. The molecule has 168 valence electrons. The van der Waals surface area contributed by atoms with Gasteiger partial charge in [-0.05, 0) is 80.5 Å². The third-order valence-electron chi connectivity index (χ3n) is 6.19. The molecule has 1 unspecified atom stereocenters. The number of rotatable bonds is 6. The number of amides is 1. The fraction of sp³-hybridized carbons (Fsp3) is 0.458. The largest absolute Gasteiger partial charge is 0.349 e. The summed E-state index contributed by atoms with van der Waals surface area (Å²) >= 11 is 5.88. The van der Waals surface area contributed by atoms with Crippen LogP contribution in [0.15, 0.2) is 36.4 Å². The van der Waals surface area contributed by atoms with Crippen LogP contribution in [0, 0.1) is 26.7 Å². The summed E-state index contributed by atoms with van der Waals surface area (Å²) in [4.78, 5) is 12.8. The standard InChI is InChI=1S/C24H31ClN2O3S/c1-16-13-18(3)23(14-17(16)2)19(4)26-24(28)21-9-11-27(12-10-21)31(29,30)15-20-5-7-22(25)8-6-20/h5-8,13-14,19,21H,9-12,15H2,1-4H3,(H,26,28). The van der Waals surface area contributed by atoms with E-state index in [1.54, 1.807) is 24.3 Å². The molecule has 1 N–H and O–H groups in total. The second-order valence-electron chi connectivity index (χ2n) is 8.58. The Morgan fingerprint density at radius 1 is 1.06 bits per heavy atom. The highest BCUT2D eigenvalue weighted by molar-refractivity contribution is 7.88. The first-order valence-corrected chi connectivity index (χ1v) is 12.7. The van der Waals surface area contributed by atoms with E-state index in [1.165, 1.54) is 21.0 Å². The van der Waals surface area contributed by atoms with Crippen LogP contribution in [0.2, 0.25) is 5.02 Å². The van der Waals surface area contributed by atoms with Gasteiger partial charge in [0.25, 0.3) is 0 Å². The van der Waals surface area contributed by atoms with Gasteiger partial charge in [-0.3, -0.25) is 4.79 Å². The van der Waals surface area contributed by atoms with Crippen LogP contribution < -0.4 is 5.32 Å². The van der Waals surface area contributed by atoms with Crippen molar-refractivity contribution in [2.75, 3.05) is 13.1 Å². The fourth-order valence-corrected chi connectivity index (χ4v) is 5.83. The third-order valence-corrected chi connectivity index (χ3v) is 8.29. The Hall–Kier alpha value is -1.89. The van der Waals surface area contributed by atoms with Gasteiger partial charge in [0, 0.05) is 24.0 Å². The van der Waals surface area contributed by atoms with Gasteiger partial charge in [0.1, 0.15) is 0 Å². The summed E-state index contributed by atoms with van der Waals surface area (Å²) < 4.78 is 27.0. The van der Waals surface area contributed by atoms with Gasteiger partial charge in [0.05, 0.1) is 11.8 Å². The van der Waals surface area contributed by atoms with Crippen molar-refractivity contribution < 1.29 is 13.2 Å². The van der Waals surface area contributed by atoms with Crippen LogP contribution in [-0.4, -0.2) is 31.7 Å². The number of piperidine rings is 1. The van der Waals surface area contributed by atoms with Gasteiger partial charge in [-0.1, -0.05) is 35.9 Å². The Morgan fingerprint density at radius 2 is 1.65 bits per heavy atom. The highest BCUT2D eigenvalue weighted by Gasteiger charge is 2.31. The van der Waals surface area contributed by atoms with Crippen LogP contribution in [0.3, 0.4) is 0 Å². The number of carbonyl (C=O) groups is 1. The number of benzene rings is 2. The summed E-state index contributed by atoms with van der Waals surface area (Å²) in [5.74, 6) is -0.222. The summed E-state index contributed by atoms with van der Waals surface area (Å²) in [6.45, 7) is 8.96. The van der Waals surface area contributed by atoms with E-state index in [1.807, 2.05) is 6.92 Å². The number of nitrogens with zero attached hydrogens (tertiary/aromatic N) is 1. The maximum Gasteiger partial charge on any atom is 0.223 e. The van der Waals surface area contributed by atoms with E-state index in [0.717, 1.165) is 5.56 Å². The van der Waals surface area contributed by atoms with Crippen LogP contribution in [0.1, 0.15) is 53.6 Å². The lowest BCUT2D eigenvalue weighted by molar-refractivity contribution is -0.126. The zero-order valence-electron chi connectivity index (χ0n) is 18.6. The minimum Gasteiger partial charge on any atom is -0.349 e. The van der Waals surface area contributed by atoms with Crippen LogP contribution in [-0.2, 0) is 20.6 Å². The van der Waals surface area contributed by atoms with Crippen molar-refractivity contribution in [1.82, 2.24) is 9.62 Å². The number of carbonyl (C=O) groups excluding carboxylic acids is 1. The second kappa shape index (κ2) is 9.72. The molecule has 1 amide bonds. The van der Waals surface area contributed by atoms with Gasteiger partial charge < -0.3 is 5.32 Å². The SMILES string of the molecule is Cc1cc(C)c(C(C)NC(=O)C2CCN(S(=O)(=O)Cc3ccc(Cl)cc3)CC2)cc1C. The molecule has 1 aliphatic heterocycles. The Balaban J connectivity index is 1.57. The van der Waals surface area contributed by atoms with Crippen LogP contribution in [0.25, 0.3) is 0 Å². The lowest BCUT2D eigenvalue weighted by Crippen LogP contribution is -2.43. The topological polar surface area (TPSA) is 66.5 Å². The van der Waals surface area contributed by atoms with E-state index in [2.05, 4.69) is 38.2 Å². The first kappa shape index (κ1) is 23.8. The van der Waals surface area contributed by atoms with Crippen molar-refractivity contribution in [1.29, 1.82) is 0 Å². The molecule has 1 fully saturated rings. The number of halogens is 1. The molecule has 1 heterocycles. The van der Waals surface area contributed by atoms with Crippen LogP contribution in [0.4, 0.5) is 0 Å². The summed E-state index contributed by atoms with van der Waals surface area (Å²) in [6.07, 6.45) is 1.06. The average molecular weight is 463 g/mol. The van der Waals surface area contributed by atoms with E-state index >= 15 is 0 Å². The predicted molar refractivity (Wildman–Crippen MR) is 126 cm³/mol. The maximum absolute atomic E-state index is 12.8. The van der Waals surface area contributed by atoms with Crippen molar-refractivity contribution in [3.05, 3.63) is 69.2 Å². The second-order valence-corrected chi connectivity index (χ2v) is 11.0. The third kappa shape index (κ3) is 5.88. The molecular weight excluding hydrogens is 432 g/mol. The van der Waals surface area contributed by atoms with Crippen molar-refractivity contribution in [3.63, 3.8) is 0 Å². The van der Waals surface area contributed by atoms with Gasteiger partial charge in [0.15, 0.2) is 0 Å². The van der Waals surface area contributed by atoms with Gasteiger partial charge in [-0.25, -0.2) is 12.7 Å². The van der Waals surface area contributed by atoms with E-state index in [9.17, 15) is 13.2 Å². The molecule has 2 aromatic carbocycles. The molecule has 7 heteroatoms. The molecule has 0 aliphatic carbocycles. The summed E-state index contributed by atoms with van der Waals surface area (Å²) in [7, 11) is -3.42. The van der Waals surface area contributed by atoms with Crippen molar-refractivity contribution in [2.45, 2.75) is 52.3 Å². The lowest BCUT2D eigenvalue weighted by atomic mass is 9.94. The molecule has 0 radical (unpaired) electrons. The van der Waals surface area contributed by atoms with Gasteiger partial charge in [-0.15, -0.1) is 0 Å². The van der Waals surface area contributed by atoms with E-state index in [-0.39, 0.29) is 23.6 Å². The highest BCUT2D eigenvalue weighted by atomic mass is 35.5. The minimum atomic E-state index is -3.42. The van der Waals surface area contributed by atoms with E-state index in [0.29, 0.717) is 36.5 Å². The van der Waals surface area contributed by atoms with Gasteiger partial charge >= 0.3 is 0 Å². The summed E-state index contributed by atoms with van der Waals surface area (Å²) in [6, 6.07) is 11.1. The Labute approximate surface area is 190 Å². The molecule has 3 rings (SSSR count). The molecule has 31 heavy (non-hydrogen) atoms. The molecule has 0 bridgehead atoms. The van der Waals surface area contributed by atoms with Gasteiger partial charge in [0.2, 0.25) is 15.9 Å². The molecule has 1 atom stereocenters. The van der Waals surface area contributed by atoms with E-state index in [4.69, 9.17) is 11.6 Å². The number of hydrogen-bond acceptors (Lipinski definition) is 3. The summed E-state index contributed by atoms with van der Waals surface area (Å²) in [5.41, 5.74) is 5.45. The Kier molecular flexibility index (Phi) is 7.45. The smallest absolute Gasteiger partial charge is 0.223 e. The zero-order chi connectivity index (χ0) is 22.8. The molecule has 1 saturated heterocycles. The minimum absolute atomic E-state index is 0.000114. The fourth-order valence-electron chi connectivity index (χ4n) is 4.14. The zero-order valence-corrected chi connectivity index (χ0v) is 20.2. The highest BCUT2D eigenvalue weighted by Crippen LogP contribution is 2.25. The number of nitrogens with one attached hydrogen (secondary N) is 1. The van der Waals surface area contributed by atoms with Crippen molar-refractivity contribution >= 4 is 27.5 Å². The van der Waals surface area contributed by atoms with Crippen molar-refractivity contribution in [3.8, 4) is 0 Å². The number of aryl methyl sites for hydroxylation is 3. The molecule has 5 nitrogen and oxygen atoms in total. The Morgan fingerprint density at radius 3 is 2.26 bits per heavy atom. The molecule has 2 aromatic rings. The number of sulfonamides is 1. The van der Waals surface area contributed by atoms with Crippen molar-refractivity contribution in [2.24, 2.45) is 5.92 Å². The average Bonchev–Trinajstić information content (AvgIpc) is 2.72. The predicted octanol–water partition coefficient (Wildman–Crippen LogP) is 4.68. The molecule has 0 spiro atoms. The Bertz CT molecular complexity index is 1040. The molecular formula is C24H31ClN2O3S. The molecule has 0 aromatic heterocycles. The van der Waals surface area contributed by atoms with Crippen LogP contribution >= 0.6 is 11.6 Å². The summed E-state index contributed by atoms with van der Waals surface area (Å²) in [5, 5.41) is 3.71. The quantitative estimate of drug-likeness (QED) is 0.677. The molecule has 0 saturated carbocycles. The van der Waals surface area contributed by atoms with Crippen LogP contribution in [0.5, 0.6) is 0 Å².